The van der Waals surface area contributed by atoms with E-state index in [1.54, 1.807) is 12.1 Å². The van der Waals surface area contributed by atoms with Gasteiger partial charge in [0.2, 0.25) is 0 Å². The number of ether oxygens (including phenoxy) is 1. The Balaban J connectivity index is 2.09. The zero-order valence-electron chi connectivity index (χ0n) is 12.1. The quantitative estimate of drug-likeness (QED) is 0.644. The van der Waals surface area contributed by atoms with Crippen molar-refractivity contribution in [2.45, 2.75) is 26.4 Å². The van der Waals surface area contributed by atoms with Crippen LogP contribution in [0.3, 0.4) is 0 Å². The third kappa shape index (κ3) is 4.72. The van der Waals surface area contributed by atoms with E-state index in [4.69, 9.17) is 16.3 Å². The van der Waals surface area contributed by atoms with E-state index in [0.29, 0.717) is 10.8 Å². The lowest BCUT2D eigenvalue weighted by atomic mass is 10.2. The predicted octanol–water partition coefficient (Wildman–Crippen LogP) is 3.41. The van der Waals surface area contributed by atoms with Crippen LogP contribution in [0.2, 0.25) is 5.02 Å². The highest BCUT2D eigenvalue weighted by Crippen LogP contribution is 2.18. The molecule has 0 bridgehead atoms. The van der Waals surface area contributed by atoms with Crippen molar-refractivity contribution in [3.8, 4) is 11.4 Å². The first-order valence-corrected chi connectivity index (χ1v) is 6.79. The molecule has 2 aromatic rings. The fourth-order valence-corrected chi connectivity index (χ4v) is 1.77. The number of halogens is 1. The highest BCUT2D eigenvalue weighted by molar-refractivity contribution is 6.30. The van der Waals surface area contributed by atoms with Crippen LogP contribution in [0.1, 0.15) is 20.8 Å². The molecule has 0 fully saturated rings. The molecule has 0 atom stereocenters. The van der Waals surface area contributed by atoms with Crippen LogP contribution in [-0.4, -0.2) is 26.3 Å². The molecule has 0 N–H and O–H groups in total. The highest BCUT2D eigenvalue weighted by Gasteiger charge is 2.14. The van der Waals surface area contributed by atoms with Crippen LogP contribution in [0.5, 0.6) is 0 Å². The second-order valence-electron chi connectivity index (χ2n) is 5.41. The topological polar surface area (TPSA) is 57.0 Å². The van der Waals surface area contributed by atoms with E-state index >= 15 is 0 Å². The number of carbonyl (C=O) groups excluding carboxylic acids is 1. The minimum absolute atomic E-state index is 0.428. The van der Waals surface area contributed by atoms with Crippen molar-refractivity contribution in [3.05, 3.63) is 41.7 Å². The number of carbonyl (C=O) groups is 1. The van der Waals surface area contributed by atoms with E-state index in [9.17, 15) is 4.79 Å². The summed E-state index contributed by atoms with van der Waals surface area (Å²) in [5, 5.41) is 4.86. The lowest BCUT2D eigenvalue weighted by molar-refractivity contribution is -0.148. The molecule has 6 heteroatoms. The molecular formula is C15H16ClN3O2. The van der Waals surface area contributed by atoms with Gasteiger partial charge >= 0.3 is 5.97 Å². The molecule has 21 heavy (non-hydrogen) atoms. The van der Waals surface area contributed by atoms with Gasteiger partial charge in [-0.1, -0.05) is 23.7 Å². The Kier molecular flexibility index (Phi) is 4.43. The Hall–Kier alpha value is -2.14. The van der Waals surface area contributed by atoms with E-state index in [1.807, 2.05) is 32.9 Å². The fraction of sp³-hybridized carbons (Fsp3) is 0.267. The van der Waals surface area contributed by atoms with E-state index in [0.717, 1.165) is 5.56 Å². The zero-order valence-corrected chi connectivity index (χ0v) is 12.8. The third-order valence-corrected chi connectivity index (χ3v) is 2.60. The summed E-state index contributed by atoms with van der Waals surface area (Å²) in [5.74, 6) is 0.105. The van der Waals surface area contributed by atoms with E-state index in [2.05, 4.69) is 10.1 Å². The highest BCUT2D eigenvalue weighted by atomic mass is 35.5. The Bertz CT molecular complexity index is 672. The molecule has 1 heterocycles. The van der Waals surface area contributed by atoms with Gasteiger partial charge in [-0.3, -0.25) is 0 Å². The number of nitrogens with zero attached hydrogens (tertiary/aromatic N) is 3. The van der Waals surface area contributed by atoms with Crippen molar-refractivity contribution < 1.29 is 9.53 Å². The minimum atomic E-state index is -0.518. The Morgan fingerprint density at radius 1 is 1.38 bits per heavy atom. The van der Waals surface area contributed by atoms with Crippen molar-refractivity contribution in [2.24, 2.45) is 0 Å². The molecule has 0 spiro atoms. The number of benzene rings is 1. The summed E-state index contributed by atoms with van der Waals surface area (Å²) in [6.07, 6.45) is 4.31. The SMILES string of the molecule is CC(C)(C)OC(=O)/C=C\n1cnc(-c2cccc(Cl)c2)n1. The maximum Gasteiger partial charge on any atom is 0.332 e. The predicted molar refractivity (Wildman–Crippen MR) is 81.6 cm³/mol. The van der Waals surface area contributed by atoms with Crippen LogP contribution < -0.4 is 0 Å². The second kappa shape index (κ2) is 6.10. The molecule has 0 aliphatic heterocycles. The maximum absolute atomic E-state index is 11.6. The van der Waals surface area contributed by atoms with Gasteiger partial charge in [0, 0.05) is 22.9 Å². The number of rotatable bonds is 3. The van der Waals surface area contributed by atoms with Gasteiger partial charge in [-0.05, 0) is 32.9 Å². The van der Waals surface area contributed by atoms with Gasteiger partial charge in [0.15, 0.2) is 5.82 Å². The summed E-state index contributed by atoms with van der Waals surface area (Å²) in [4.78, 5) is 15.7. The molecule has 0 radical (unpaired) electrons. The minimum Gasteiger partial charge on any atom is -0.457 e. The molecule has 0 aliphatic rings. The van der Waals surface area contributed by atoms with Crippen LogP contribution in [0.4, 0.5) is 0 Å². The van der Waals surface area contributed by atoms with Gasteiger partial charge in [0.1, 0.15) is 11.9 Å². The van der Waals surface area contributed by atoms with Gasteiger partial charge in [-0.2, -0.15) is 0 Å². The monoisotopic (exact) mass is 305 g/mol. The average Bonchev–Trinajstić information content (AvgIpc) is 2.83. The van der Waals surface area contributed by atoms with Gasteiger partial charge < -0.3 is 4.74 Å². The summed E-state index contributed by atoms with van der Waals surface area (Å²) in [6.45, 7) is 5.43. The average molecular weight is 306 g/mol. The normalized spacial score (nSPS) is 11.8. The molecule has 0 aliphatic carbocycles. The van der Waals surface area contributed by atoms with E-state index in [-0.39, 0.29) is 0 Å². The Morgan fingerprint density at radius 3 is 2.81 bits per heavy atom. The summed E-state index contributed by atoms with van der Waals surface area (Å²) >= 11 is 5.93. The zero-order chi connectivity index (χ0) is 15.5. The van der Waals surface area contributed by atoms with Crippen molar-refractivity contribution >= 4 is 23.8 Å². The maximum atomic E-state index is 11.6. The molecular weight excluding hydrogens is 290 g/mol. The molecule has 0 unspecified atom stereocenters. The van der Waals surface area contributed by atoms with Crippen LogP contribution in [-0.2, 0) is 9.53 Å². The van der Waals surface area contributed by atoms with Crippen LogP contribution in [0.25, 0.3) is 17.6 Å². The summed E-state index contributed by atoms with van der Waals surface area (Å²) in [7, 11) is 0. The summed E-state index contributed by atoms with van der Waals surface area (Å²) in [5.41, 5.74) is 0.294. The first kappa shape index (κ1) is 15.3. The van der Waals surface area contributed by atoms with Crippen LogP contribution >= 0.6 is 11.6 Å². The van der Waals surface area contributed by atoms with Gasteiger partial charge in [0.25, 0.3) is 0 Å². The Labute approximate surface area is 128 Å². The number of hydrogen-bond acceptors (Lipinski definition) is 4. The molecule has 2 rings (SSSR count). The van der Waals surface area contributed by atoms with E-state index in [1.165, 1.54) is 23.3 Å². The molecule has 1 aromatic heterocycles. The van der Waals surface area contributed by atoms with Crippen LogP contribution in [0, 0.1) is 0 Å². The number of aromatic nitrogens is 3. The van der Waals surface area contributed by atoms with Crippen molar-refractivity contribution in [1.82, 2.24) is 14.8 Å². The Morgan fingerprint density at radius 2 is 2.14 bits per heavy atom. The molecule has 0 saturated carbocycles. The smallest absolute Gasteiger partial charge is 0.332 e. The lowest BCUT2D eigenvalue weighted by Crippen LogP contribution is -2.22. The van der Waals surface area contributed by atoms with Crippen molar-refractivity contribution in [2.75, 3.05) is 0 Å². The molecule has 110 valence electrons. The standard InChI is InChI=1S/C15H16ClN3O2/c1-15(2,3)21-13(20)7-8-19-10-17-14(18-19)11-5-4-6-12(16)9-11/h4-10H,1-3H3/b8-7-. The lowest BCUT2D eigenvalue weighted by Gasteiger charge is -2.17. The third-order valence-electron chi connectivity index (χ3n) is 2.36. The molecule has 1 aromatic carbocycles. The molecule has 0 saturated heterocycles. The molecule has 0 amide bonds. The van der Waals surface area contributed by atoms with Crippen molar-refractivity contribution in [3.63, 3.8) is 0 Å². The van der Waals surface area contributed by atoms with Crippen molar-refractivity contribution in [1.29, 1.82) is 0 Å². The summed E-state index contributed by atoms with van der Waals surface area (Å²) < 4.78 is 6.61. The van der Waals surface area contributed by atoms with Gasteiger partial charge in [0.05, 0.1) is 0 Å². The van der Waals surface area contributed by atoms with Gasteiger partial charge in [-0.25, -0.2) is 14.5 Å². The fourth-order valence-electron chi connectivity index (χ4n) is 1.58. The summed E-state index contributed by atoms with van der Waals surface area (Å²) in [6, 6.07) is 7.25. The first-order valence-electron chi connectivity index (χ1n) is 6.42. The largest absolute Gasteiger partial charge is 0.457 e. The molecule has 5 nitrogen and oxygen atoms in total. The second-order valence-corrected chi connectivity index (χ2v) is 5.84. The number of hydrogen-bond donors (Lipinski definition) is 0. The van der Waals surface area contributed by atoms with E-state index < -0.39 is 11.6 Å². The first-order chi connectivity index (χ1) is 9.83. The van der Waals surface area contributed by atoms with Gasteiger partial charge in [-0.15, -0.1) is 5.10 Å². The number of esters is 1. The van der Waals surface area contributed by atoms with Crippen LogP contribution in [0.15, 0.2) is 36.7 Å².